The highest BCUT2D eigenvalue weighted by Crippen LogP contribution is 2.28. The van der Waals surface area contributed by atoms with Crippen LogP contribution in [0, 0.1) is 11.8 Å². The normalized spacial score (nSPS) is 22.4. The highest BCUT2D eigenvalue weighted by atomic mass is 32.2. The molecule has 2 fully saturated rings. The molecule has 1 saturated carbocycles. The van der Waals surface area contributed by atoms with E-state index in [-0.39, 0.29) is 0 Å². The second-order valence-electron chi connectivity index (χ2n) is 6.49. The Hall–Kier alpha value is -0.130. The predicted molar refractivity (Wildman–Crippen MR) is 83.2 cm³/mol. The Balaban J connectivity index is 1.55. The Morgan fingerprint density at radius 2 is 1.60 bits per heavy atom. The van der Waals surface area contributed by atoms with Crippen molar-refractivity contribution in [1.29, 1.82) is 0 Å². The Kier molecular flexibility index (Phi) is 6.78. The third kappa shape index (κ3) is 6.10. The maximum atomic E-state index is 11.9. The van der Waals surface area contributed by atoms with Gasteiger partial charge in [-0.3, -0.25) is 0 Å². The first-order chi connectivity index (χ1) is 9.66. The third-order valence-electron chi connectivity index (χ3n) is 4.84. The quantitative estimate of drug-likeness (QED) is 0.676. The van der Waals surface area contributed by atoms with E-state index in [1.54, 1.807) is 0 Å². The molecule has 0 unspecified atom stereocenters. The molecule has 0 aromatic heterocycles. The van der Waals surface area contributed by atoms with Crippen molar-refractivity contribution in [3.05, 3.63) is 0 Å². The van der Waals surface area contributed by atoms with Gasteiger partial charge in [-0.2, -0.15) is 0 Å². The molecule has 1 aliphatic carbocycles. The van der Waals surface area contributed by atoms with Crippen LogP contribution in [-0.2, 0) is 10.0 Å². The molecule has 0 bridgehead atoms. The van der Waals surface area contributed by atoms with Gasteiger partial charge in [0.15, 0.2) is 0 Å². The van der Waals surface area contributed by atoms with E-state index in [9.17, 15) is 8.42 Å². The largest absolute Gasteiger partial charge is 0.317 e. The first kappa shape index (κ1) is 16.2. The van der Waals surface area contributed by atoms with Crippen LogP contribution in [0.4, 0.5) is 0 Å². The maximum Gasteiger partial charge on any atom is 0.211 e. The zero-order chi connectivity index (χ0) is 14.3. The number of nitrogens with one attached hydrogen (secondary N) is 2. The van der Waals surface area contributed by atoms with Crippen LogP contribution in [-0.4, -0.2) is 33.8 Å². The Morgan fingerprint density at radius 3 is 2.30 bits per heavy atom. The summed E-state index contributed by atoms with van der Waals surface area (Å²) in [5, 5.41) is 3.32. The second-order valence-corrected chi connectivity index (χ2v) is 8.41. The monoisotopic (exact) mass is 302 g/mol. The molecule has 2 rings (SSSR count). The highest BCUT2D eigenvalue weighted by molar-refractivity contribution is 7.89. The average molecular weight is 302 g/mol. The van der Waals surface area contributed by atoms with Gasteiger partial charge in [0.2, 0.25) is 10.0 Å². The van der Waals surface area contributed by atoms with E-state index in [1.807, 2.05) is 0 Å². The molecule has 0 aromatic carbocycles. The van der Waals surface area contributed by atoms with Gasteiger partial charge in [0.1, 0.15) is 0 Å². The van der Waals surface area contributed by atoms with Crippen molar-refractivity contribution in [3.8, 4) is 0 Å². The minimum Gasteiger partial charge on any atom is -0.317 e. The molecule has 0 spiro atoms. The van der Waals surface area contributed by atoms with Gasteiger partial charge in [-0.05, 0) is 57.0 Å². The van der Waals surface area contributed by atoms with Crippen LogP contribution in [0.2, 0.25) is 0 Å². The molecule has 20 heavy (non-hydrogen) atoms. The molecule has 118 valence electrons. The molecule has 1 aliphatic heterocycles. The van der Waals surface area contributed by atoms with Crippen molar-refractivity contribution < 1.29 is 8.42 Å². The SMILES string of the molecule is O=S(=O)(CCC1CCNCC1)NCCCC1CCCC1. The van der Waals surface area contributed by atoms with Crippen molar-refractivity contribution in [2.45, 2.75) is 57.8 Å². The van der Waals surface area contributed by atoms with Crippen LogP contribution >= 0.6 is 0 Å². The molecule has 1 saturated heterocycles. The number of hydrogen-bond donors (Lipinski definition) is 2. The minimum atomic E-state index is -3.05. The van der Waals surface area contributed by atoms with E-state index in [4.69, 9.17) is 0 Å². The van der Waals surface area contributed by atoms with Crippen LogP contribution in [0.1, 0.15) is 57.8 Å². The number of rotatable bonds is 8. The van der Waals surface area contributed by atoms with Crippen molar-refractivity contribution >= 4 is 10.0 Å². The van der Waals surface area contributed by atoms with E-state index < -0.39 is 10.0 Å². The topological polar surface area (TPSA) is 58.2 Å². The molecular formula is C15H30N2O2S. The van der Waals surface area contributed by atoms with Crippen LogP contribution < -0.4 is 10.0 Å². The zero-order valence-corrected chi connectivity index (χ0v) is 13.4. The average Bonchev–Trinajstić information content (AvgIpc) is 2.96. The van der Waals surface area contributed by atoms with Gasteiger partial charge in [-0.15, -0.1) is 0 Å². The predicted octanol–water partition coefficient (Wildman–Crippen LogP) is 2.27. The summed E-state index contributed by atoms with van der Waals surface area (Å²) in [5.41, 5.74) is 0. The zero-order valence-electron chi connectivity index (χ0n) is 12.6. The summed E-state index contributed by atoms with van der Waals surface area (Å²) in [6, 6.07) is 0. The Morgan fingerprint density at radius 1 is 0.950 bits per heavy atom. The Bertz CT molecular complexity index is 358. The summed E-state index contributed by atoms with van der Waals surface area (Å²) >= 11 is 0. The van der Waals surface area contributed by atoms with Gasteiger partial charge in [0.05, 0.1) is 5.75 Å². The van der Waals surface area contributed by atoms with Gasteiger partial charge in [0.25, 0.3) is 0 Å². The van der Waals surface area contributed by atoms with E-state index in [1.165, 1.54) is 32.1 Å². The van der Waals surface area contributed by atoms with E-state index in [2.05, 4.69) is 10.0 Å². The molecule has 5 heteroatoms. The fourth-order valence-corrected chi connectivity index (χ4v) is 4.73. The lowest BCUT2D eigenvalue weighted by Gasteiger charge is -2.22. The lowest BCUT2D eigenvalue weighted by atomic mass is 9.96. The van der Waals surface area contributed by atoms with E-state index in [0.29, 0.717) is 18.2 Å². The molecule has 2 N–H and O–H groups in total. The molecule has 0 aromatic rings. The van der Waals surface area contributed by atoms with Gasteiger partial charge in [0, 0.05) is 6.54 Å². The van der Waals surface area contributed by atoms with Crippen molar-refractivity contribution in [2.24, 2.45) is 11.8 Å². The van der Waals surface area contributed by atoms with Crippen LogP contribution in [0.15, 0.2) is 0 Å². The second kappa shape index (κ2) is 8.35. The fraction of sp³-hybridized carbons (Fsp3) is 1.00. The van der Waals surface area contributed by atoms with Crippen molar-refractivity contribution in [1.82, 2.24) is 10.0 Å². The molecule has 0 atom stereocenters. The first-order valence-corrected chi connectivity index (χ1v) is 9.99. The Labute approximate surface area is 124 Å². The van der Waals surface area contributed by atoms with Gasteiger partial charge in [-0.1, -0.05) is 25.7 Å². The van der Waals surface area contributed by atoms with Crippen LogP contribution in [0.3, 0.4) is 0 Å². The lowest BCUT2D eigenvalue weighted by molar-refractivity contribution is 0.365. The summed E-state index contributed by atoms with van der Waals surface area (Å²) in [4.78, 5) is 0. The maximum absolute atomic E-state index is 11.9. The first-order valence-electron chi connectivity index (χ1n) is 8.34. The van der Waals surface area contributed by atoms with Gasteiger partial charge in [-0.25, -0.2) is 13.1 Å². The summed E-state index contributed by atoms with van der Waals surface area (Å²) in [5.74, 6) is 1.75. The smallest absolute Gasteiger partial charge is 0.211 e. The summed E-state index contributed by atoms with van der Waals surface area (Å²) in [6.07, 6.45) is 10.7. The number of sulfonamides is 1. The fourth-order valence-electron chi connectivity index (χ4n) is 3.48. The van der Waals surface area contributed by atoms with Gasteiger partial charge >= 0.3 is 0 Å². The lowest BCUT2D eigenvalue weighted by Crippen LogP contribution is -2.32. The molecule has 0 radical (unpaired) electrons. The molecule has 1 heterocycles. The minimum absolute atomic E-state index is 0.307. The van der Waals surface area contributed by atoms with Gasteiger partial charge < -0.3 is 5.32 Å². The summed E-state index contributed by atoms with van der Waals surface area (Å²) in [7, 11) is -3.05. The standard InChI is InChI=1S/C15H30N2O2S/c18-20(19,13-9-15-7-11-16-12-8-15)17-10-3-6-14-4-1-2-5-14/h14-17H,1-13H2. The molecular weight excluding hydrogens is 272 g/mol. The number of hydrogen-bond acceptors (Lipinski definition) is 3. The van der Waals surface area contributed by atoms with Crippen molar-refractivity contribution in [3.63, 3.8) is 0 Å². The highest BCUT2D eigenvalue weighted by Gasteiger charge is 2.18. The van der Waals surface area contributed by atoms with E-state index >= 15 is 0 Å². The summed E-state index contributed by atoms with van der Waals surface area (Å²) < 4.78 is 26.7. The van der Waals surface area contributed by atoms with Crippen LogP contribution in [0.25, 0.3) is 0 Å². The van der Waals surface area contributed by atoms with Crippen molar-refractivity contribution in [2.75, 3.05) is 25.4 Å². The van der Waals surface area contributed by atoms with E-state index in [0.717, 1.165) is 44.7 Å². The summed E-state index contributed by atoms with van der Waals surface area (Å²) in [6.45, 7) is 2.71. The van der Waals surface area contributed by atoms with Crippen LogP contribution in [0.5, 0.6) is 0 Å². The molecule has 4 nitrogen and oxygen atoms in total. The number of piperidine rings is 1. The molecule has 2 aliphatic rings. The molecule has 0 amide bonds. The third-order valence-corrected chi connectivity index (χ3v) is 6.26.